The van der Waals surface area contributed by atoms with Crippen LogP contribution >= 0.6 is 0 Å². The van der Waals surface area contributed by atoms with Gasteiger partial charge in [0.1, 0.15) is 16.4 Å². The zero-order valence-electron chi connectivity index (χ0n) is 10.6. The summed E-state index contributed by atoms with van der Waals surface area (Å²) in [7, 11) is -3.45. The Kier molecular flexibility index (Phi) is 4.73. The highest BCUT2D eigenvalue weighted by Gasteiger charge is 2.26. The third kappa shape index (κ3) is 2.88. The number of furan rings is 1. The predicted octanol–water partition coefficient (Wildman–Crippen LogP) is 1.47. The number of sulfonamides is 1. The van der Waals surface area contributed by atoms with Crippen LogP contribution in [0.25, 0.3) is 0 Å². The number of nitrogens with two attached hydrogens (primary N) is 1. The summed E-state index contributed by atoms with van der Waals surface area (Å²) in [5.41, 5.74) is 5.44. The maximum absolute atomic E-state index is 12.3. The van der Waals surface area contributed by atoms with Crippen LogP contribution in [0.2, 0.25) is 0 Å². The van der Waals surface area contributed by atoms with Gasteiger partial charge in [-0.3, -0.25) is 0 Å². The van der Waals surface area contributed by atoms with Gasteiger partial charge in [0, 0.05) is 19.2 Å². The van der Waals surface area contributed by atoms with Crippen LogP contribution in [-0.4, -0.2) is 25.8 Å². The molecule has 98 valence electrons. The fourth-order valence-corrected chi connectivity index (χ4v) is 3.44. The molecule has 0 aliphatic rings. The van der Waals surface area contributed by atoms with E-state index >= 15 is 0 Å². The largest absolute Gasteiger partial charge is 0.464 e. The summed E-state index contributed by atoms with van der Waals surface area (Å²) >= 11 is 0. The van der Waals surface area contributed by atoms with Crippen molar-refractivity contribution in [3.63, 3.8) is 0 Å². The Hall–Kier alpha value is -0.850. The first-order valence-corrected chi connectivity index (χ1v) is 7.20. The zero-order chi connectivity index (χ0) is 13.1. The summed E-state index contributed by atoms with van der Waals surface area (Å²) in [6, 6.07) is 1.52. The Labute approximate surface area is 103 Å². The highest BCUT2D eigenvalue weighted by atomic mass is 32.2. The molecule has 1 rings (SSSR count). The first-order valence-electron chi connectivity index (χ1n) is 5.76. The van der Waals surface area contributed by atoms with Crippen LogP contribution in [0, 0.1) is 6.92 Å². The first kappa shape index (κ1) is 14.2. The maximum atomic E-state index is 12.3. The van der Waals surface area contributed by atoms with E-state index in [1.54, 1.807) is 6.92 Å². The molecule has 2 N–H and O–H groups in total. The minimum atomic E-state index is -3.45. The third-order valence-corrected chi connectivity index (χ3v) is 4.65. The standard InChI is InChI=1S/C11H20N2O3S/c1-4-6-13(5-2)17(14,15)11-7-10(8-12)16-9(11)3/h7H,4-6,8,12H2,1-3H3. The lowest BCUT2D eigenvalue weighted by molar-refractivity contribution is 0.423. The molecule has 0 unspecified atom stereocenters. The molecule has 6 heteroatoms. The lowest BCUT2D eigenvalue weighted by Gasteiger charge is -2.18. The van der Waals surface area contributed by atoms with Crippen molar-refractivity contribution in [1.29, 1.82) is 0 Å². The van der Waals surface area contributed by atoms with Crippen LogP contribution in [0.3, 0.4) is 0 Å². The van der Waals surface area contributed by atoms with E-state index in [1.807, 2.05) is 13.8 Å². The first-order chi connectivity index (χ1) is 7.97. The zero-order valence-corrected chi connectivity index (χ0v) is 11.4. The Balaban J connectivity index is 3.15. The van der Waals surface area contributed by atoms with Crippen molar-refractivity contribution >= 4 is 10.0 Å². The van der Waals surface area contributed by atoms with Crippen LogP contribution in [0.1, 0.15) is 31.8 Å². The summed E-state index contributed by atoms with van der Waals surface area (Å²) in [6.45, 7) is 6.60. The molecule has 0 saturated carbocycles. The van der Waals surface area contributed by atoms with Crippen molar-refractivity contribution in [2.45, 2.75) is 38.6 Å². The Morgan fingerprint density at radius 3 is 2.47 bits per heavy atom. The summed E-state index contributed by atoms with van der Waals surface area (Å²) < 4.78 is 31.4. The number of aryl methyl sites for hydroxylation is 1. The Morgan fingerprint density at radius 1 is 1.41 bits per heavy atom. The predicted molar refractivity (Wildman–Crippen MR) is 66.1 cm³/mol. The van der Waals surface area contributed by atoms with Crippen molar-refractivity contribution in [3.05, 3.63) is 17.6 Å². The molecule has 17 heavy (non-hydrogen) atoms. The molecule has 1 heterocycles. The van der Waals surface area contributed by atoms with Gasteiger partial charge in [0.25, 0.3) is 0 Å². The lowest BCUT2D eigenvalue weighted by Crippen LogP contribution is -2.31. The van der Waals surface area contributed by atoms with Crippen LogP contribution in [0.15, 0.2) is 15.4 Å². The smallest absolute Gasteiger partial charge is 0.246 e. The van der Waals surface area contributed by atoms with Crippen molar-refractivity contribution in [2.24, 2.45) is 5.73 Å². The summed E-state index contributed by atoms with van der Waals surface area (Å²) in [4.78, 5) is 0.230. The second kappa shape index (κ2) is 5.66. The van der Waals surface area contributed by atoms with E-state index in [2.05, 4.69) is 0 Å². The second-order valence-electron chi connectivity index (χ2n) is 3.83. The quantitative estimate of drug-likeness (QED) is 0.840. The van der Waals surface area contributed by atoms with Crippen LogP contribution < -0.4 is 5.73 Å². The minimum absolute atomic E-state index is 0.205. The van der Waals surface area contributed by atoms with Gasteiger partial charge in [0.05, 0.1) is 6.54 Å². The van der Waals surface area contributed by atoms with E-state index in [1.165, 1.54) is 10.4 Å². The molecular formula is C11H20N2O3S. The van der Waals surface area contributed by atoms with Crippen molar-refractivity contribution < 1.29 is 12.8 Å². The Bertz CT molecular complexity index is 465. The van der Waals surface area contributed by atoms with Gasteiger partial charge in [0.2, 0.25) is 10.0 Å². The molecule has 0 atom stereocenters. The third-order valence-electron chi connectivity index (χ3n) is 2.57. The fourth-order valence-electron chi connectivity index (χ4n) is 1.72. The Morgan fingerprint density at radius 2 is 2.06 bits per heavy atom. The summed E-state index contributed by atoms with van der Waals surface area (Å²) in [5, 5.41) is 0. The number of hydrogen-bond donors (Lipinski definition) is 1. The second-order valence-corrected chi connectivity index (χ2v) is 5.74. The number of rotatable bonds is 6. The van der Waals surface area contributed by atoms with Crippen LogP contribution in [0.4, 0.5) is 0 Å². The van der Waals surface area contributed by atoms with Gasteiger partial charge in [-0.25, -0.2) is 8.42 Å². The highest BCUT2D eigenvalue weighted by molar-refractivity contribution is 7.89. The van der Waals surface area contributed by atoms with Crippen LogP contribution in [-0.2, 0) is 16.6 Å². The fraction of sp³-hybridized carbons (Fsp3) is 0.636. The molecule has 0 amide bonds. The van der Waals surface area contributed by atoms with Crippen molar-refractivity contribution in [3.8, 4) is 0 Å². The maximum Gasteiger partial charge on any atom is 0.246 e. The van der Waals surface area contributed by atoms with Gasteiger partial charge >= 0.3 is 0 Å². The summed E-state index contributed by atoms with van der Waals surface area (Å²) in [5.74, 6) is 0.897. The lowest BCUT2D eigenvalue weighted by atomic mass is 10.4. The average molecular weight is 260 g/mol. The molecule has 0 fully saturated rings. The topological polar surface area (TPSA) is 76.5 Å². The SMILES string of the molecule is CCCN(CC)S(=O)(=O)c1cc(CN)oc1C. The molecule has 1 aromatic rings. The molecule has 0 aromatic carbocycles. The van der Waals surface area contributed by atoms with Gasteiger partial charge in [0.15, 0.2) is 0 Å². The van der Waals surface area contributed by atoms with E-state index in [-0.39, 0.29) is 11.4 Å². The number of nitrogens with zero attached hydrogens (tertiary/aromatic N) is 1. The molecule has 5 nitrogen and oxygen atoms in total. The molecule has 0 aliphatic carbocycles. The van der Waals surface area contributed by atoms with E-state index in [9.17, 15) is 8.42 Å². The van der Waals surface area contributed by atoms with Gasteiger partial charge < -0.3 is 10.2 Å². The normalized spacial score (nSPS) is 12.3. The van der Waals surface area contributed by atoms with Crippen LogP contribution in [0.5, 0.6) is 0 Å². The van der Waals surface area contributed by atoms with Crippen molar-refractivity contribution in [1.82, 2.24) is 4.31 Å². The molecule has 0 aliphatic heterocycles. The molecule has 0 bridgehead atoms. The van der Waals surface area contributed by atoms with E-state index < -0.39 is 10.0 Å². The van der Waals surface area contributed by atoms with E-state index in [0.717, 1.165) is 6.42 Å². The van der Waals surface area contributed by atoms with E-state index in [4.69, 9.17) is 10.2 Å². The summed E-state index contributed by atoms with van der Waals surface area (Å²) in [6.07, 6.45) is 0.785. The average Bonchev–Trinajstić information content (AvgIpc) is 2.67. The molecule has 1 aromatic heterocycles. The monoisotopic (exact) mass is 260 g/mol. The van der Waals surface area contributed by atoms with Gasteiger partial charge in [-0.2, -0.15) is 4.31 Å². The molecule has 0 spiro atoms. The minimum Gasteiger partial charge on any atom is -0.464 e. The highest BCUT2D eigenvalue weighted by Crippen LogP contribution is 2.23. The van der Waals surface area contributed by atoms with Gasteiger partial charge in [-0.15, -0.1) is 0 Å². The molecule has 0 radical (unpaired) electrons. The molecule has 0 saturated heterocycles. The number of hydrogen-bond acceptors (Lipinski definition) is 4. The van der Waals surface area contributed by atoms with Gasteiger partial charge in [-0.1, -0.05) is 13.8 Å². The van der Waals surface area contributed by atoms with E-state index in [0.29, 0.717) is 24.6 Å². The molecular weight excluding hydrogens is 240 g/mol. The van der Waals surface area contributed by atoms with Crippen molar-refractivity contribution in [2.75, 3.05) is 13.1 Å². The van der Waals surface area contributed by atoms with Gasteiger partial charge in [-0.05, 0) is 13.3 Å².